The summed E-state index contributed by atoms with van der Waals surface area (Å²) in [5, 5.41) is 15.7. The van der Waals surface area contributed by atoms with Gasteiger partial charge in [0.15, 0.2) is 5.69 Å². The molecule has 180 valence electrons. The number of likely N-dealkylation sites (tertiary alicyclic amines) is 1. The molecule has 10 heteroatoms. The van der Waals surface area contributed by atoms with Gasteiger partial charge < -0.3 is 4.90 Å². The van der Waals surface area contributed by atoms with Crippen molar-refractivity contribution in [3.05, 3.63) is 64.7 Å². The first-order valence-corrected chi connectivity index (χ1v) is 11.3. The highest BCUT2D eigenvalue weighted by molar-refractivity contribution is 5.98. The van der Waals surface area contributed by atoms with Gasteiger partial charge in [0.1, 0.15) is 0 Å². The summed E-state index contributed by atoms with van der Waals surface area (Å²) in [6.45, 7) is 6.50. The third kappa shape index (κ3) is 5.10. The normalized spacial score (nSPS) is 18.8. The molecule has 7 nitrogen and oxygen atoms in total. The molecule has 2 atom stereocenters. The van der Waals surface area contributed by atoms with Crippen LogP contribution in [0.5, 0.6) is 0 Å². The quantitative estimate of drug-likeness (QED) is 0.544. The first-order chi connectivity index (χ1) is 16.1. The molecular formula is C24H27F3N6O. The number of nitrogens with zero attached hydrogens (tertiary/aromatic N) is 6. The number of aromatic nitrogens is 5. The maximum Gasteiger partial charge on any atom is 0.435 e. The molecule has 4 rings (SSSR count). The summed E-state index contributed by atoms with van der Waals surface area (Å²) >= 11 is 0. The van der Waals surface area contributed by atoms with E-state index in [0.717, 1.165) is 30.2 Å². The van der Waals surface area contributed by atoms with Gasteiger partial charge in [-0.2, -0.15) is 33.3 Å². The number of carbonyl (C=O) groups is 1. The average Bonchev–Trinajstić information content (AvgIpc) is 3.23. The lowest BCUT2D eigenvalue weighted by Crippen LogP contribution is -2.48. The Bertz CT molecular complexity index is 1160. The first-order valence-electron chi connectivity index (χ1n) is 11.3. The van der Waals surface area contributed by atoms with Crippen LogP contribution in [0, 0.1) is 19.8 Å². The average molecular weight is 473 g/mol. The standard InChI is InChI=1S/C24H27F3N6O/c1-15-6-9-21(33-28-14-17(3)31-33)19(13-15)23(34)32-12-4-5-16(2)20(32)10-7-18-8-11-22(30-29-18)24(25,26)27/h6,8-9,11,13-14,16,20H,4-5,7,10,12H2,1-3H3/t16-,20?/m1/s1. The van der Waals surface area contributed by atoms with Crippen LogP contribution in [-0.2, 0) is 12.6 Å². The van der Waals surface area contributed by atoms with Crippen molar-refractivity contribution in [2.24, 2.45) is 5.92 Å². The van der Waals surface area contributed by atoms with E-state index >= 15 is 0 Å². The molecule has 3 aromatic rings. The van der Waals surface area contributed by atoms with Crippen LogP contribution in [0.15, 0.2) is 36.5 Å². The Labute approximate surface area is 196 Å². The molecule has 1 fully saturated rings. The zero-order chi connectivity index (χ0) is 24.5. The van der Waals surface area contributed by atoms with Gasteiger partial charge in [-0.25, -0.2) is 0 Å². The van der Waals surface area contributed by atoms with Crippen molar-refractivity contribution in [1.29, 1.82) is 0 Å². The number of amides is 1. The molecule has 3 heterocycles. The van der Waals surface area contributed by atoms with E-state index in [9.17, 15) is 18.0 Å². The molecule has 0 bridgehead atoms. The summed E-state index contributed by atoms with van der Waals surface area (Å²) in [6, 6.07) is 7.87. The summed E-state index contributed by atoms with van der Waals surface area (Å²) in [7, 11) is 0. The fourth-order valence-corrected chi connectivity index (χ4v) is 4.49. The van der Waals surface area contributed by atoms with Gasteiger partial charge in [0.2, 0.25) is 0 Å². The number of halogens is 3. The van der Waals surface area contributed by atoms with E-state index in [0.29, 0.717) is 36.3 Å². The third-order valence-electron chi connectivity index (χ3n) is 6.29. The Hall–Kier alpha value is -3.30. The number of piperidine rings is 1. The Morgan fingerprint density at radius 1 is 1.15 bits per heavy atom. The molecule has 1 aliphatic heterocycles. The lowest BCUT2D eigenvalue weighted by Gasteiger charge is -2.40. The fraction of sp³-hybridized carbons (Fsp3) is 0.458. The molecule has 0 N–H and O–H groups in total. The largest absolute Gasteiger partial charge is 0.435 e. The zero-order valence-corrected chi connectivity index (χ0v) is 19.4. The first kappa shape index (κ1) is 23.8. The maximum atomic E-state index is 13.8. The SMILES string of the molecule is Cc1ccc(-n2ncc(C)n2)c(C(=O)N2CCC[C@@H](C)C2CCc2ccc(C(F)(F)F)nn2)c1. The van der Waals surface area contributed by atoms with Crippen LogP contribution in [-0.4, -0.2) is 48.6 Å². The van der Waals surface area contributed by atoms with Gasteiger partial charge >= 0.3 is 6.18 Å². The maximum absolute atomic E-state index is 13.8. The minimum absolute atomic E-state index is 0.0639. The summed E-state index contributed by atoms with van der Waals surface area (Å²) in [6.07, 6.45) is 0.0281. The predicted molar refractivity (Wildman–Crippen MR) is 119 cm³/mol. The number of hydrogen-bond donors (Lipinski definition) is 0. The van der Waals surface area contributed by atoms with Gasteiger partial charge in [-0.3, -0.25) is 4.79 Å². The Balaban J connectivity index is 1.57. The van der Waals surface area contributed by atoms with E-state index in [1.807, 2.05) is 36.9 Å². The van der Waals surface area contributed by atoms with Gasteiger partial charge in [0.25, 0.3) is 5.91 Å². The monoisotopic (exact) mass is 472 g/mol. The van der Waals surface area contributed by atoms with E-state index < -0.39 is 11.9 Å². The molecular weight excluding hydrogens is 445 g/mol. The molecule has 0 saturated carbocycles. The number of aryl methyl sites for hydroxylation is 3. The number of alkyl halides is 3. The molecule has 1 aliphatic rings. The van der Waals surface area contributed by atoms with Crippen LogP contribution < -0.4 is 0 Å². The number of rotatable bonds is 5. The van der Waals surface area contributed by atoms with Crippen LogP contribution in [0.3, 0.4) is 0 Å². The van der Waals surface area contributed by atoms with Gasteiger partial charge in [0.05, 0.1) is 28.8 Å². The van der Waals surface area contributed by atoms with E-state index in [-0.39, 0.29) is 17.9 Å². The third-order valence-corrected chi connectivity index (χ3v) is 6.29. The minimum Gasteiger partial charge on any atom is -0.335 e. The van der Waals surface area contributed by atoms with E-state index in [1.165, 1.54) is 10.9 Å². The van der Waals surface area contributed by atoms with Crippen molar-refractivity contribution < 1.29 is 18.0 Å². The zero-order valence-electron chi connectivity index (χ0n) is 19.4. The molecule has 0 spiro atoms. The Morgan fingerprint density at radius 3 is 2.59 bits per heavy atom. The highest BCUT2D eigenvalue weighted by Crippen LogP contribution is 2.30. The second kappa shape index (κ2) is 9.52. The number of carbonyl (C=O) groups excluding carboxylic acids is 1. The van der Waals surface area contributed by atoms with E-state index in [1.54, 1.807) is 6.20 Å². The second-order valence-electron chi connectivity index (χ2n) is 8.93. The van der Waals surface area contributed by atoms with Gasteiger partial charge in [-0.1, -0.05) is 18.6 Å². The number of hydrogen-bond acceptors (Lipinski definition) is 5. The van der Waals surface area contributed by atoms with E-state index in [4.69, 9.17) is 0 Å². The smallest absolute Gasteiger partial charge is 0.335 e. The van der Waals surface area contributed by atoms with Crippen molar-refractivity contribution in [2.45, 2.75) is 58.7 Å². The summed E-state index contributed by atoms with van der Waals surface area (Å²) in [5.41, 5.74) is 2.33. The molecule has 0 aliphatic carbocycles. The van der Waals surface area contributed by atoms with Crippen LogP contribution in [0.1, 0.15) is 59.2 Å². The summed E-state index contributed by atoms with van der Waals surface area (Å²) in [4.78, 5) is 17.1. The fourth-order valence-electron chi connectivity index (χ4n) is 4.49. The topological polar surface area (TPSA) is 76.8 Å². The molecule has 2 aromatic heterocycles. The molecule has 1 amide bonds. The molecule has 1 saturated heterocycles. The van der Waals surface area contributed by atoms with Crippen molar-refractivity contribution in [3.8, 4) is 5.69 Å². The Kier molecular flexibility index (Phi) is 6.67. The highest BCUT2D eigenvalue weighted by Gasteiger charge is 2.34. The summed E-state index contributed by atoms with van der Waals surface area (Å²) < 4.78 is 38.3. The summed E-state index contributed by atoms with van der Waals surface area (Å²) in [5.74, 6) is 0.155. The van der Waals surface area contributed by atoms with Gasteiger partial charge in [-0.05, 0) is 69.7 Å². The van der Waals surface area contributed by atoms with Crippen molar-refractivity contribution in [1.82, 2.24) is 30.1 Å². The predicted octanol–water partition coefficient (Wildman–Crippen LogP) is 4.57. The molecule has 1 unspecified atom stereocenters. The number of benzene rings is 1. The Morgan fingerprint density at radius 2 is 1.94 bits per heavy atom. The van der Waals surface area contributed by atoms with Crippen LogP contribution in [0.2, 0.25) is 0 Å². The van der Waals surface area contributed by atoms with Crippen molar-refractivity contribution in [2.75, 3.05) is 6.54 Å². The minimum atomic E-state index is -4.51. The molecule has 0 radical (unpaired) electrons. The van der Waals surface area contributed by atoms with Crippen molar-refractivity contribution in [3.63, 3.8) is 0 Å². The van der Waals surface area contributed by atoms with Gasteiger partial charge in [-0.15, -0.1) is 5.10 Å². The molecule has 34 heavy (non-hydrogen) atoms. The molecule has 1 aromatic carbocycles. The lowest BCUT2D eigenvalue weighted by atomic mass is 9.86. The van der Waals surface area contributed by atoms with Crippen LogP contribution >= 0.6 is 0 Å². The van der Waals surface area contributed by atoms with E-state index in [2.05, 4.69) is 27.3 Å². The second-order valence-corrected chi connectivity index (χ2v) is 8.93. The van der Waals surface area contributed by atoms with Gasteiger partial charge in [0, 0.05) is 12.6 Å². The highest BCUT2D eigenvalue weighted by atomic mass is 19.4. The van der Waals surface area contributed by atoms with Crippen molar-refractivity contribution >= 4 is 5.91 Å². The van der Waals surface area contributed by atoms with Crippen LogP contribution in [0.4, 0.5) is 13.2 Å². The van der Waals surface area contributed by atoms with Crippen LogP contribution in [0.25, 0.3) is 5.69 Å². The lowest BCUT2D eigenvalue weighted by molar-refractivity contribution is -0.141.